The summed E-state index contributed by atoms with van der Waals surface area (Å²) < 4.78 is 0. The molecule has 4 heteroatoms. The third kappa shape index (κ3) is 5.04. The van der Waals surface area contributed by atoms with Crippen LogP contribution >= 0.6 is 0 Å². The topological polar surface area (TPSA) is 52.6 Å². The molecule has 1 rings (SSSR count). The minimum atomic E-state index is -0.742. The highest BCUT2D eigenvalue weighted by atomic mass is 16.4. The van der Waals surface area contributed by atoms with Gasteiger partial charge in [0.15, 0.2) is 0 Å². The first-order chi connectivity index (χ1) is 8.17. The molecule has 1 fully saturated rings. The highest BCUT2D eigenvalue weighted by Gasteiger charge is 2.20. The number of likely N-dealkylation sites (tertiary alicyclic amines) is 1. The molecule has 0 aliphatic carbocycles. The maximum Gasteiger partial charge on any atom is 0.320 e. The predicted octanol–water partition coefficient (Wildman–Crippen LogP) is 1.56. The Morgan fingerprint density at radius 3 is 2.59 bits per heavy atom. The molecule has 0 aromatic heterocycles. The Hall–Kier alpha value is -0.610. The van der Waals surface area contributed by atoms with Crippen LogP contribution in [-0.4, -0.2) is 48.7 Å². The van der Waals surface area contributed by atoms with Crippen LogP contribution in [0.1, 0.15) is 39.0 Å². The third-order valence-electron chi connectivity index (χ3n) is 3.78. The summed E-state index contributed by atoms with van der Waals surface area (Å²) in [5.41, 5.74) is 0. The van der Waals surface area contributed by atoms with Crippen molar-refractivity contribution in [3.63, 3.8) is 0 Å². The fourth-order valence-corrected chi connectivity index (χ4v) is 2.61. The van der Waals surface area contributed by atoms with Gasteiger partial charge in [0.05, 0.1) is 0 Å². The van der Waals surface area contributed by atoms with E-state index >= 15 is 0 Å². The second kappa shape index (κ2) is 7.67. The first-order valence-corrected chi connectivity index (χ1v) is 6.79. The van der Waals surface area contributed by atoms with E-state index in [9.17, 15) is 4.79 Å². The largest absolute Gasteiger partial charge is 0.480 e. The van der Waals surface area contributed by atoms with E-state index in [2.05, 4.69) is 17.1 Å². The number of aliphatic carboxylic acids is 1. The number of nitrogens with one attached hydrogen (secondary N) is 1. The molecule has 1 aliphatic rings. The fraction of sp³-hybridized carbons (Fsp3) is 0.923. The minimum Gasteiger partial charge on any atom is -0.480 e. The molecule has 17 heavy (non-hydrogen) atoms. The molecular formula is C13H26N2O2. The maximum absolute atomic E-state index is 10.9. The number of hydrogen-bond donors (Lipinski definition) is 2. The monoisotopic (exact) mass is 242 g/mol. The van der Waals surface area contributed by atoms with E-state index in [1.165, 1.54) is 25.7 Å². The van der Waals surface area contributed by atoms with Crippen molar-refractivity contribution in [2.24, 2.45) is 5.92 Å². The zero-order valence-corrected chi connectivity index (χ0v) is 11.1. The van der Waals surface area contributed by atoms with E-state index < -0.39 is 12.0 Å². The lowest BCUT2D eigenvalue weighted by Gasteiger charge is -2.32. The van der Waals surface area contributed by atoms with Gasteiger partial charge in [0.1, 0.15) is 6.04 Å². The SMILES string of the molecule is CCCC1CCN(CCC(NC)C(=O)O)CC1. The number of rotatable bonds is 7. The molecule has 0 aromatic carbocycles. The smallest absolute Gasteiger partial charge is 0.320 e. The Kier molecular flexibility index (Phi) is 6.52. The molecule has 0 radical (unpaired) electrons. The molecule has 2 N–H and O–H groups in total. The number of carboxylic acids is 1. The molecule has 1 saturated heterocycles. The molecule has 0 spiro atoms. The Balaban J connectivity index is 2.19. The molecule has 1 heterocycles. The normalized spacial score (nSPS) is 20.4. The van der Waals surface area contributed by atoms with Crippen molar-refractivity contribution < 1.29 is 9.90 Å². The van der Waals surface area contributed by atoms with Gasteiger partial charge in [-0.2, -0.15) is 0 Å². The predicted molar refractivity (Wildman–Crippen MR) is 69.2 cm³/mol. The number of likely N-dealkylation sites (N-methyl/N-ethyl adjacent to an activating group) is 1. The fourth-order valence-electron chi connectivity index (χ4n) is 2.61. The Labute approximate surface area is 104 Å². The summed E-state index contributed by atoms with van der Waals surface area (Å²) in [5.74, 6) is 0.157. The first-order valence-electron chi connectivity index (χ1n) is 6.79. The van der Waals surface area contributed by atoms with E-state index in [-0.39, 0.29) is 0 Å². The average Bonchev–Trinajstić information content (AvgIpc) is 2.32. The second-order valence-electron chi connectivity index (χ2n) is 5.04. The Bertz CT molecular complexity index is 225. The standard InChI is InChI=1S/C13H26N2O2/c1-3-4-11-5-8-15(9-6-11)10-7-12(14-2)13(16)17/h11-12,14H,3-10H2,1-2H3,(H,16,17). The quantitative estimate of drug-likeness (QED) is 0.711. The minimum absolute atomic E-state index is 0.400. The lowest BCUT2D eigenvalue weighted by Crippen LogP contribution is -2.40. The van der Waals surface area contributed by atoms with Crippen molar-refractivity contribution in [1.29, 1.82) is 0 Å². The molecule has 0 saturated carbocycles. The maximum atomic E-state index is 10.9. The number of nitrogens with zero attached hydrogens (tertiary/aromatic N) is 1. The zero-order valence-electron chi connectivity index (χ0n) is 11.1. The van der Waals surface area contributed by atoms with Crippen LogP contribution in [-0.2, 0) is 4.79 Å². The van der Waals surface area contributed by atoms with Gasteiger partial charge in [-0.25, -0.2) is 0 Å². The molecule has 0 bridgehead atoms. The molecule has 1 unspecified atom stereocenters. The van der Waals surface area contributed by atoms with Gasteiger partial charge in [-0.15, -0.1) is 0 Å². The van der Waals surface area contributed by atoms with Gasteiger partial charge >= 0.3 is 5.97 Å². The van der Waals surface area contributed by atoms with Crippen molar-refractivity contribution in [3.8, 4) is 0 Å². The van der Waals surface area contributed by atoms with Gasteiger partial charge in [0.2, 0.25) is 0 Å². The van der Waals surface area contributed by atoms with Crippen molar-refractivity contribution >= 4 is 5.97 Å². The van der Waals surface area contributed by atoms with Gasteiger partial charge in [-0.1, -0.05) is 19.8 Å². The van der Waals surface area contributed by atoms with Crippen molar-refractivity contribution in [3.05, 3.63) is 0 Å². The van der Waals surface area contributed by atoms with Gasteiger partial charge in [-0.3, -0.25) is 4.79 Å². The summed E-state index contributed by atoms with van der Waals surface area (Å²) in [4.78, 5) is 13.3. The van der Waals surface area contributed by atoms with E-state index in [4.69, 9.17) is 5.11 Å². The molecular weight excluding hydrogens is 216 g/mol. The van der Waals surface area contributed by atoms with E-state index in [1.807, 2.05) is 0 Å². The van der Waals surface area contributed by atoms with Crippen LogP contribution in [0.3, 0.4) is 0 Å². The number of piperidine rings is 1. The highest BCUT2D eigenvalue weighted by Crippen LogP contribution is 2.21. The van der Waals surface area contributed by atoms with E-state index in [0.717, 1.165) is 25.6 Å². The van der Waals surface area contributed by atoms with Crippen molar-refractivity contribution in [1.82, 2.24) is 10.2 Å². The van der Waals surface area contributed by atoms with Crippen molar-refractivity contribution in [2.45, 2.75) is 45.1 Å². The first kappa shape index (κ1) is 14.5. The molecule has 0 amide bonds. The zero-order chi connectivity index (χ0) is 12.7. The van der Waals surface area contributed by atoms with Crippen LogP contribution in [0.2, 0.25) is 0 Å². The highest BCUT2D eigenvalue weighted by molar-refractivity contribution is 5.73. The average molecular weight is 242 g/mol. The third-order valence-corrected chi connectivity index (χ3v) is 3.78. The molecule has 1 aliphatic heterocycles. The van der Waals surface area contributed by atoms with Gasteiger partial charge in [-0.05, 0) is 45.3 Å². The van der Waals surface area contributed by atoms with Gasteiger partial charge in [0.25, 0.3) is 0 Å². The molecule has 100 valence electrons. The van der Waals surface area contributed by atoms with Crippen molar-refractivity contribution in [2.75, 3.05) is 26.7 Å². The van der Waals surface area contributed by atoms with Crippen LogP contribution in [0.4, 0.5) is 0 Å². The lowest BCUT2D eigenvalue weighted by molar-refractivity contribution is -0.139. The van der Waals surface area contributed by atoms with E-state index in [0.29, 0.717) is 6.42 Å². The lowest BCUT2D eigenvalue weighted by atomic mass is 9.92. The van der Waals surface area contributed by atoms with Crippen LogP contribution in [0.15, 0.2) is 0 Å². The van der Waals surface area contributed by atoms with Gasteiger partial charge < -0.3 is 15.3 Å². The summed E-state index contributed by atoms with van der Waals surface area (Å²) >= 11 is 0. The second-order valence-corrected chi connectivity index (χ2v) is 5.04. The summed E-state index contributed by atoms with van der Waals surface area (Å²) in [5, 5.41) is 11.8. The molecule has 1 atom stereocenters. The summed E-state index contributed by atoms with van der Waals surface area (Å²) in [6.45, 7) is 5.43. The van der Waals surface area contributed by atoms with Crippen LogP contribution in [0.25, 0.3) is 0 Å². The number of carboxylic acid groups (broad SMARTS) is 1. The van der Waals surface area contributed by atoms with Gasteiger partial charge in [0, 0.05) is 6.54 Å². The van der Waals surface area contributed by atoms with Crippen LogP contribution in [0, 0.1) is 5.92 Å². The molecule has 0 aromatic rings. The van der Waals surface area contributed by atoms with Crippen LogP contribution < -0.4 is 5.32 Å². The Morgan fingerprint density at radius 1 is 1.47 bits per heavy atom. The summed E-state index contributed by atoms with van der Waals surface area (Å²) in [6.07, 6.45) is 5.90. The number of carbonyl (C=O) groups is 1. The summed E-state index contributed by atoms with van der Waals surface area (Å²) in [7, 11) is 1.71. The van der Waals surface area contributed by atoms with Crippen LogP contribution in [0.5, 0.6) is 0 Å². The Morgan fingerprint density at radius 2 is 2.12 bits per heavy atom. The summed E-state index contributed by atoms with van der Waals surface area (Å²) in [6, 6.07) is -0.400. The number of hydrogen-bond acceptors (Lipinski definition) is 3. The molecule has 4 nitrogen and oxygen atoms in total. The van der Waals surface area contributed by atoms with E-state index in [1.54, 1.807) is 7.05 Å².